The van der Waals surface area contributed by atoms with E-state index in [0.717, 1.165) is 23.9 Å². The van der Waals surface area contributed by atoms with Crippen LogP contribution in [-0.4, -0.2) is 18.0 Å². The lowest BCUT2D eigenvalue weighted by Gasteiger charge is -2.17. The first-order valence-electron chi connectivity index (χ1n) is 6.42. The normalized spacial score (nSPS) is 17.9. The van der Waals surface area contributed by atoms with Gasteiger partial charge in [-0.25, -0.2) is 0 Å². The van der Waals surface area contributed by atoms with Crippen molar-refractivity contribution in [3.05, 3.63) is 20.8 Å². The molecule has 1 saturated carbocycles. The highest BCUT2D eigenvalue weighted by Gasteiger charge is 2.20. The van der Waals surface area contributed by atoms with E-state index in [-0.39, 0.29) is 11.9 Å². The van der Waals surface area contributed by atoms with Crippen molar-refractivity contribution in [2.24, 2.45) is 0 Å². The lowest BCUT2D eigenvalue weighted by Crippen LogP contribution is -2.45. The minimum atomic E-state index is -0.139. The van der Waals surface area contributed by atoms with Crippen molar-refractivity contribution in [2.75, 3.05) is 0 Å². The monoisotopic (exact) mass is 330 g/mol. The van der Waals surface area contributed by atoms with Crippen LogP contribution in [0.2, 0.25) is 0 Å². The molecule has 3 nitrogen and oxygen atoms in total. The molecule has 1 unspecified atom stereocenters. The molecule has 1 heterocycles. The Morgan fingerprint density at radius 3 is 2.89 bits per heavy atom. The smallest absolute Gasteiger partial charge is 0.237 e. The summed E-state index contributed by atoms with van der Waals surface area (Å²) in [6.07, 6.45) is 4.76. The average Bonchev–Trinajstić information content (AvgIpc) is 2.98. The number of hydrogen-bond acceptors (Lipinski definition) is 3. The Morgan fingerprint density at radius 1 is 1.56 bits per heavy atom. The third-order valence-electron chi connectivity index (χ3n) is 3.35. The van der Waals surface area contributed by atoms with Gasteiger partial charge in [-0.1, -0.05) is 12.8 Å². The largest absolute Gasteiger partial charge is 0.352 e. The molecule has 1 amide bonds. The van der Waals surface area contributed by atoms with Crippen molar-refractivity contribution >= 4 is 33.2 Å². The van der Waals surface area contributed by atoms with Gasteiger partial charge in [-0.2, -0.15) is 0 Å². The van der Waals surface area contributed by atoms with Crippen LogP contribution in [0.25, 0.3) is 0 Å². The van der Waals surface area contributed by atoms with E-state index in [2.05, 4.69) is 26.6 Å². The molecule has 1 atom stereocenters. The molecule has 5 heteroatoms. The van der Waals surface area contributed by atoms with Gasteiger partial charge in [0.15, 0.2) is 0 Å². The molecule has 0 spiro atoms. The van der Waals surface area contributed by atoms with Gasteiger partial charge in [-0.3, -0.25) is 4.79 Å². The lowest BCUT2D eigenvalue weighted by atomic mass is 10.2. The van der Waals surface area contributed by atoms with Crippen LogP contribution in [0, 0.1) is 0 Å². The number of hydrogen-bond donors (Lipinski definition) is 2. The molecule has 18 heavy (non-hydrogen) atoms. The summed E-state index contributed by atoms with van der Waals surface area (Å²) in [4.78, 5) is 13.2. The fourth-order valence-electron chi connectivity index (χ4n) is 2.19. The Morgan fingerprint density at radius 2 is 2.28 bits per heavy atom. The summed E-state index contributed by atoms with van der Waals surface area (Å²) >= 11 is 5.19. The van der Waals surface area contributed by atoms with E-state index < -0.39 is 0 Å². The van der Waals surface area contributed by atoms with Crippen molar-refractivity contribution in [1.82, 2.24) is 10.6 Å². The zero-order valence-electron chi connectivity index (χ0n) is 10.5. The Kier molecular flexibility index (Phi) is 5.21. The van der Waals surface area contributed by atoms with E-state index in [1.807, 2.05) is 18.4 Å². The number of nitrogens with one attached hydrogen (secondary N) is 2. The van der Waals surface area contributed by atoms with Crippen molar-refractivity contribution in [1.29, 1.82) is 0 Å². The van der Waals surface area contributed by atoms with Gasteiger partial charge in [-0.15, -0.1) is 11.3 Å². The summed E-state index contributed by atoms with van der Waals surface area (Å²) in [5.41, 5.74) is 0. The average molecular weight is 331 g/mol. The minimum Gasteiger partial charge on any atom is -0.352 e. The molecule has 1 aromatic heterocycles. The topological polar surface area (TPSA) is 41.1 Å². The Balaban J connectivity index is 1.75. The molecule has 0 saturated heterocycles. The standard InChI is InChI=1S/C13H19BrN2OS/c1-9(13(17)16-10-4-2-3-5-10)15-8-12-11(14)6-7-18-12/h6-7,9-10,15H,2-5,8H2,1H3,(H,16,17). The lowest BCUT2D eigenvalue weighted by molar-refractivity contribution is -0.123. The summed E-state index contributed by atoms with van der Waals surface area (Å²) in [6.45, 7) is 2.66. The zero-order valence-corrected chi connectivity index (χ0v) is 12.9. The van der Waals surface area contributed by atoms with Gasteiger partial charge in [0.2, 0.25) is 5.91 Å². The minimum absolute atomic E-state index is 0.120. The van der Waals surface area contributed by atoms with Crippen molar-refractivity contribution in [3.63, 3.8) is 0 Å². The fourth-order valence-corrected chi connectivity index (χ4v) is 3.63. The Bertz CT molecular complexity index is 401. The van der Waals surface area contributed by atoms with Gasteiger partial charge in [0.1, 0.15) is 0 Å². The third kappa shape index (κ3) is 3.80. The van der Waals surface area contributed by atoms with Crippen LogP contribution in [-0.2, 0) is 11.3 Å². The van der Waals surface area contributed by atoms with E-state index in [1.54, 1.807) is 11.3 Å². The first-order valence-corrected chi connectivity index (χ1v) is 8.09. The predicted octanol–water partition coefficient (Wildman–Crippen LogP) is 3.05. The van der Waals surface area contributed by atoms with Crippen molar-refractivity contribution in [3.8, 4) is 0 Å². The van der Waals surface area contributed by atoms with Gasteiger partial charge in [0, 0.05) is 21.9 Å². The maximum atomic E-state index is 12.0. The number of amides is 1. The van der Waals surface area contributed by atoms with Gasteiger partial charge in [0.05, 0.1) is 6.04 Å². The van der Waals surface area contributed by atoms with Crippen molar-refractivity contribution in [2.45, 2.75) is 51.2 Å². The summed E-state index contributed by atoms with van der Waals surface area (Å²) in [5.74, 6) is 0.120. The number of carbonyl (C=O) groups excluding carboxylic acids is 1. The van der Waals surface area contributed by atoms with Crippen molar-refractivity contribution < 1.29 is 4.79 Å². The molecule has 1 fully saturated rings. The first-order chi connectivity index (χ1) is 8.66. The van der Waals surface area contributed by atoms with Crippen LogP contribution in [0.1, 0.15) is 37.5 Å². The number of halogens is 1. The predicted molar refractivity (Wildman–Crippen MR) is 78.7 cm³/mol. The summed E-state index contributed by atoms with van der Waals surface area (Å²) in [5, 5.41) is 8.43. The van der Waals surface area contributed by atoms with Gasteiger partial charge in [-0.05, 0) is 47.1 Å². The molecule has 0 radical (unpaired) electrons. The molecule has 1 aliphatic rings. The highest BCUT2D eigenvalue weighted by Crippen LogP contribution is 2.22. The third-order valence-corrected chi connectivity index (χ3v) is 5.28. The SMILES string of the molecule is CC(NCc1sccc1Br)C(=O)NC1CCCC1. The highest BCUT2D eigenvalue weighted by atomic mass is 79.9. The van der Waals surface area contributed by atoms with E-state index in [4.69, 9.17) is 0 Å². The Hall–Kier alpha value is -0.390. The molecular formula is C13H19BrN2OS. The summed E-state index contributed by atoms with van der Waals surface area (Å²) in [6, 6.07) is 2.29. The number of rotatable bonds is 5. The maximum Gasteiger partial charge on any atom is 0.237 e. The van der Waals surface area contributed by atoms with Crippen LogP contribution in [0.5, 0.6) is 0 Å². The quantitative estimate of drug-likeness (QED) is 0.871. The summed E-state index contributed by atoms with van der Waals surface area (Å²) < 4.78 is 1.11. The van der Waals surface area contributed by atoms with E-state index in [1.165, 1.54) is 17.7 Å². The maximum absolute atomic E-state index is 12.0. The molecule has 0 aromatic carbocycles. The van der Waals surface area contributed by atoms with E-state index in [9.17, 15) is 4.79 Å². The Labute approximate surface area is 120 Å². The van der Waals surface area contributed by atoms with Gasteiger partial charge >= 0.3 is 0 Å². The van der Waals surface area contributed by atoms with Crippen LogP contribution in [0.3, 0.4) is 0 Å². The molecule has 2 N–H and O–H groups in total. The first kappa shape index (κ1) is 14.0. The van der Waals surface area contributed by atoms with Crippen LogP contribution >= 0.6 is 27.3 Å². The van der Waals surface area contributed by atoms with Crippen LogP contribution in [0.4, 0.5) is 0 Å². The second-order valence-corrected chi connectivity index (χ2v) is 6.64. The fraction of sp³-hybridized carbons (Fsp3) is 0.615. The summed E-state index contributed by atoms with van der Waals surface area (Å²) in [7, 11) is 0. The van der Waals surface area contributed by atoms with Crippen LogP contribution < -0.4 is 10.6 Å². The number of carbonyl (C=O) groups is 1. The zero-order chi connectivity index (χ0) is 13.0. The highest BCUT2D eigenvalue weighted by molar-refractivity contribution is 9.10. The molecule has 100 valence electrons. The van der Waals surface area contributed by atoms with Gasteiger partial charge < -0.3 is 10.6 Å². The second kappa shape index (κ2) is 6.68. The molecule has 1 aliphatic carbocycles. The molecular weight excluding hydrogens is 312 g/mol. The molecule has 0 bridgehead atoms. The van der Waals surface area contributed by atoms with E-state index >= 15 is 0 Å². The van der Waals surface area contributed by atoms with Crippen LogP contribution in [0.15, 0.2) is 15.9 Å². The number of thiophene rings is 1. The van der Waals surface area contributed by atoms with Gasteiger partial charge in [0.25, 0.3) is 0 Å². The second-order valence-electron chi connectivity index (χ2n) is 4.78. The molecule has 1 aromatic rings. The van der Waals surface area contributed by atoms with E-state index in [0.29, 0.717) is 6.04 Å². The molecule has 2 rings (SSSR count). The molecule has 0 aliphatic heterocycles.